The summed E-state index contributed by atoms with van der Waals surface area (Å²) in [5.74, 6) is -0.270. The molecule has 0 fully saturated rings. The molecule has 0 atom stereocenters. The molecule has 0 aromatic heterocycles. The molecule has 0 radical (unpaired) electrons. The Morgan fingerprint density at radius 2 is 2.14 bits per heavy atom. The minimum Gasteiger partial charge on any atom is -0.382 e. The van der Waals surface area contributed by atoms with E-state index in [0.717, 1.165) is 0 Å². The summed E-state index contributed by atoms with van der Waals surface area (Å²) >= 11 is 0. The van der Waals surface area contributed by atoms with Gasteiger partial charge in [-0.2, -0.15) is 0 Å². The number of oxime groups is 1. The standard InChI is InChI=1S/C14H18N2O6/c1-11(15-22-10-21-7-6-20-2)8-14(17)12-4-3-5-13(9-12)16(18)19/h3-5,9H,6-8,10H2,1-2H3/b15-11+. The number of nitro groups is 1. The number of ketones is 1. The third-order valence-corrected chi connectivity index (χ3v) is 2.58. The van der Waals surface area contributed by atoms with Gasteiger partial charge in [0.2, 0.25) is 6.79 Å². The lowest BCUT2D eigenvalue weighted by molar-refractivity contribution is -0.384. The smallest absolute Gasteiger partial charge is 0.270 e. The van der Waals surface area contributed by atoms with E-state index in [1.54, 1.807) is 14.0 Å². The highest BCUT2D eigenvalue weighted by Crippen LogP contribution is 2.14. The Labute approximate surface area is 127 Å². The summed E-state index contributed by atoms with van der Waals surface area (Å²) in [6, 6.07) is 5.57. The molecule has 120 valence electrons. The van der Waals surface area contributed by atoms with E-state index >= 15 is 0 Å². The molecule has 1 rings (SSSR count). The highest BCUT2D eigenvalue weighted by Gasteiger charge is 2.12. The van der Waals surface area contributed by atoms with E-state index in [-0.39, 0.29) is 30.2 Å². The van der Waals surface area contributed by atoms with Crippen LogP contribution in [0.4, 0.5) is 5.69 Å². The van der Waals surface area contributed by atoms with Gasteiger partial charge in [0.15, 0.2) is 5.78 Å². The van der Waals surface area contributed by atoms with Gasteiger partial charge in [0.1, 0.15) is 0 Å². The number of hydrogen-bond donors (Lipinski definition) is 0. The Morgan fingerprint density at radius 1 is 1.36 bits per heavy atom. The fourth-order valence-electron chi connectivity index (χ4n) is 1.53. The Bertz CT molecular complexity index is 544. The Kier molecular flexibility index (Phi) is 7.73. The number of benzene rings is 1. The molecule has 0 bridgehead atoms. The molecule has 0 amide bonds. The van der Waals surface area contributed by atoms with Gasteiger partial charge < -0.3 is 14.3 Å². The van der Waals surface area contributed by atoms with Crippen molar-refractivity contribution < 1.29 is 24.0 Å². The van der Waals surface area contributed by atoms with E-state index in [1.165, 1.54) is 24.3 Å². The number of methoxy groups -OCH3 is 1. The molecular formula is C14H18N2O6. The van der Waals surface area contributed by atoms with Crippen LogP contribution >= 0.6 is 0 Å². The van der Waals surface area contributed by atoms with Gasteiger partial charge in [0.25, 0.3) is 5.69 Å². The lowest BCUT2D eigenvalue weighted by atomic mass is 10.1. The SMILES string of the molecule is COCCOCO/N=C(\C)CC(=O)c1cccc([N+](=O)[O-])c1. The quantitative estimate of drug-likeness (QED) is 0.164. The molecule has 0 saturated heterocycles. The van der Waals surface area contributed by atoms with Crippen molar-refractivity contribution in [3.63, 3.8) is 0 Å². The summed E-state index contributed by atoms with van der Waals surface area (Å²) in [5, 5.41) is 14.4. The highest BCUT2D eigenvalue weighted by atomic mass is 16.7. The van der Waals surface area contributed by atoms with E-state index in [1.807, 2.05) is 0 Å². The van der Waals surface area contributed by atoms with Crippen molar-refractivity contribution in [2.24, 2.45) is 5.16 Å². The lowest BCUT2D eigenvalue weighted by Gasteiger charge is -2.03. The second kappa shape index (κ2) is 9.59. The highest BCUT2D eigenvalue weighted by molar-refractivity contribution is 6.09. The third kappa shape index (κ3) is 6.42. The van der Waals surface area contributed by atoms with Gasteiger partial charge in [-0.05, 0) is 6.92 Å². The monoisotopic (exact) mass is 310 g/mol. The van der Waals surface area contributed by atoms with Crippen LogP contribution in [0.15, 0.2) is 29.4 Å². The minimum absolute atomic E-state index is 0.0131. The molecule has 0 unspecified atom stereocenters. The van der Waals surface area contributed by atoms with Crippen molar-refractivity contribution in [1.82, 2.24) is 0 Å². The van der Waals surface area contributed by atoms with Crippen LogP contribution in [0.5, 0.6) is 0 Å². The summed E-state index contributed by atoms with van der Waals surface area (Å²) < 4.78 is 9.83. The number of carbonyl (C=O) groups excluding carboxylic acids is 1. The van der Waals surface area contributed by atoms with E-state index in [2.05, 4.69) is 5.16 Å². The Hall–Kier alpha value is -2.32. The summed E-state index contributed by atoms with van der Waals surface area (Å²) in [7, 11) is 1.56. The molecule has 0 spiro atoms. The first-order chi connectivity index (χ1) is 10.5. The van der Waals surface area contributed by atoms with Gasteiger partial charge in [-0.3, -0.25) is 14.9 Å². The van der Waals surface area contributed by atoms with Crippen molar-refractivity contribution >= 4 is 17.2 Å². The lowest BCUT2D eigenvalue weighted by Crippen LogP contribution is -2.08. The number of hydrogen-bond acceptors (Lipinski definition) is 7. The molecule has 8 nitrogen and oxygen atoms in total. The maximum absolute atomic E-state index is 12.0. The molecule has 0 heterocycles. The zero-order valence-electron chi connectivity index (χ0n) is 12.5. The second-order valence-corrected chi connectivity index (χ2v) is 4.38. The topological polar surface area (TPSA) is 100 Å². The maximum atomic E-state index is 12.0. The van der Waals surface area contributed by atoms with Crippen LogP contribution in [0, 0.1) is 10.1 Å². The van der Waals surface area contributed by atoms with Crippen molar-refractivity contribution in [2.45, 2.75) is 13.3 Å². The summed E-state index contributed by atoms with van der Waals surface area (Å²) in [6.45, 7) is 2.44. The molecule has 0 saturated carbocycles. The Morgan fingerprint density at radius 3 is 2.82 bits per heavy atom. The van der Waals surface area contributed by atoms with Crippen LogP contribution in [0.25, 0.3) is 0 Å². The van der Waals surface area contributed by atoms with E-state index < -0.39 is 4.92 Å². The maximum Gasteiger partial charge on any atom is 0.270 e. The zero-order chi connectivity index (χ0) is 16.4. The van der Waals surface area contributed by atoms with Crippen LogP contribution < -0.4 is 0 Å². The predicted molar refractivity (Wildman–Crippen MR) is 78.9 cm³/mol. The van der Waals surface area contributed by atoms with Gasteiger partial charge in [0, 0.05) is 24.8 Å². The number of nitro benzene ring substituents is 1. The fourth-order valence-corrected chi connectivity index (χ4v) is 1.53. The number of carbonyl (C=O) groups is 1. The predicted octanol–water partition coefficient (Wildman–Crippen LogP) is 2.18. The number of non-ortho nitro benzene ring substituents is 1. The summed E-state index contributed by atoms with van der Waals surface area (Å²) in [6.07, 6.45) is 0.0131. The van der Waals surface area contributed by atoms with Crippen molar-refractivity contribution in [3.05, 3.63) is 39.9 Å². The molecular weight excluding hydrogens is 292 g/mol. The second-order valence-electron chi connectivity index (χ2n) is 4.38. The summed E-state index contributed by atoms with van der Waals surface area (Å²) in [5.41, 5.74) is 0.593. The van der Waals surface area contributed by atoms with E-state index in [9.17, 15) is 14.9 Å². The van der Waals surface area contributed by atoms with Crippen LogP contribution in [-0.2, 0) is 14.3 Å². The average molecular weight is 310 g/mol. The van der Waals surface area contributed by atoms with Crippen LogP contribution in [0.1, 0.15) is 23.7 Å². The molecule has 0 N–H and O–H groups in total. The van der Waals surface area contributed by atoms with Gasteiger partial charge in [-0.15, -0.1) is 0 Å². The number of nitrogens with zero attached hydrogens (tertiary/aromatic N) is 2. The zero-order valence-corrected chi connectivity index (χ0v) is 12.5. The van der Waals surface area contributed by atoms with Gasteiger partial charge in [-0.1, -0.05) is 17.3 Å². The first-order valence-electron chi connectivity index (χ1n) is 6.54. The minimum atomic E-state index is -0.543. The Balaban J connectivity index is 2.46. The molecule has 8 heteroatoms. The third-order valence-electron chi connectivity index (χ3n) is 2.58. The number of Topliss-reactive ketones (excluding diaryl/α,β-unsaturated/α-hetero) is 1. The van der Waals surface area contributed by atoms with Crippen molar-refractivity contribution in [3.8, 4) is 0 Å². The molecule has 0 aliphatic rings. The van der Waals surface area contributed by atoms with Gasteiger partial charge in [0.05, 0.1) is 30.3 Å². The first-order valence-corrected chi connectivity index (χ1v) is 6.54. The van der Waals surface area contributed by atoms with Gasteiger partial charge in [-0.25, -0.2) is 0 Å². The molecule has 1 aromatic carbocycles. The van der Waals surface area contributed by atoms with Crippen LogP contribution in [0.3, 0.4) is 0 Å². The normalized spacial score (nSPS) is 11.3. The number of ether oxygens (including phenoxy) is 2. The molecule has 22 heavy (non-hydrogen) atoms. The molecule has 1 aromatic rings. The van der Waals surface area contributed by atoms with Crippen molar-refractivity contribution in [1.29, 1.82) is 0 Å². The van der Waals surface area contributed by atoms with E-state index in [0.29, 0.717) is 18.9 Å². The van der Waals surface area contributed by atoms with Crippen LogP contribution in [-0.4, -0.2) is 43.5 Å². The summed E-state index contributed by atoms with van der Waals surface area (Å²) in [4.78, 5) is 27.0. The average Bonchev–Trinajstić information content (AvgIpc) is 2.50. The van der Waals surface area contributed by atoms with Gasteiger partial charge >= 0.3 is 0 Å². The molecule has 0 aliphatic heterocycles. The number of rotatable bonds is 10. The fraction of sp³-hybridized carbons (Fsp3) is 0.429. The largest absolute Gasteiger partial charge is 0.382 e. The van der Waals surface area contributed by atoms with Crippen LogP contribution in [0.2, 0.25) is 0 Å². The van der Waals surface area contributed by atoms with E-state index in [4.69, 9.17) is 14.3 Å². The van der Waals surface area contributed by atoms with Crippen molar-refractivity contribution in [2.75, 3.05) is 27.1 Å². The first kappa shape index (κ1) is 17.7. The molecule has 0 aliphatic carbocycles.